The van der Waals surface area contributed by atoms with Crippen molar-refractivity contribution in [2.75, 3.05) is 0 Å². The molecule has 0 aliphatic rings. The smallest absolute Gasteiger partial charge is 0.209 e. The summed E-state index contributed by atoms with van der Waals surface area (Å²) in [6.07, 6.45) is 0. The zero-order valence-electron chi connectivity index (χ0n) is 6.77. The van der Waals surface area contributed by atoms with Crippen molar-refractivity contribution in [2.24, 2.45) is 5.28 Å². The molecule has 0 radical (unpaired) electrons. The molecule has 4 nitrogen and oxygen atoms in total. The van der Waals surface area contributed by atoms with Gasteiger partial charge >= 0.3 is 0 Å². The monoisotopic (exact) mass is 166 g/mol. The van der Waals surface area contributed by atoms with Gasteiger partial charge in [-0.15, -0.1) is 0 Å². The van der Waals surface area contributed by atoms with Crippen molar-refractivity contribution in [1.29, 1.82) is 0 Å². The van der Waals surface area contributed by atoms with Crippen LogP contribution in [0.4, 0.5) is 0 Å². The third-order valence-electron chi connectivity index (χ3n) is 1.50. The predicted molar refractivity (Wildman–Crippen MR) is 42.7 cm³/mol. The van der Waals surface area contributed by atoms with Crippen molar-refractivity contribution in [2.45, 2.75) is 13.5 Å². The quantitative estimate of drug-likeness (QED) is 0.414. The van der Waals surface area contributed by atoms with Gasteiger partial charge in [-0.1, -0.05) is 28.6 Å². The maximum absolute atomic E-state index is 10.6. The summed E-state index contributed by atoms with van der Waals surface area (Å²) in [5.74, 6) is 0. The van der Waals surface area contributed by atoms with Crippen molar-refractivity contribution in [1.82, 2.24) is 0 Å². The van der Waals surface area contributed by atoms with Crippen LogP contribution in [0.2, 0.25) is 0 Å². The Kier molecular flexibility index (Phi) is 2.63. The molecule has 1 aromatic rings. The van der Waals surface area contributed by atoms with Gasteiger partial charge in [0.1, 0.15) is 0 Å². The first kappa shape index (κ1) is 8.52. The molecule has 0 atom stereocenters. The summed E-state index contributed by atoms with van der Waals surface area (Å²) >= 11 is 0. The van der Waals surface area contributed by atoms with E-state index in [1.165, 1.54) is 0 Å². The van der Waals surface area contributed by atoms with E-state index in [0.29, 0.717) is 0 Å². The fraction of sp³-hybridized carbons (Fsp3) is 0.250. The molecular weight excluding hydrogens is 156 g/mol. The Morgan fingerprint density at radius 1 is 1.58 bits per heavy atom. The average Bonchev–Trinajstić information content (AvgIpc) is 2.04. The molecule has 64 valence electrons. The van der Waals surface area contributed by atoms with Crippen LogP contribution in [-0.2, 0) is 6.54 Å². The zero-order valence-corrected chi connectivity index (χ0v) is 6.77. The summed E-state index contributed by atoms with van der Waals surface area (Å²) in [4.78, 5) is 0.231. The zero-order chi connectivity index (χ0) is 8.97. The van der Waals surface area contributed by atoms with E-state index in [4.69, 9.17) is 5.21 Å². The van der Waals surface area contributed by atoms with Crippen molar-refractivity contribution in [3.05, 3.63) is 40.6 Å². The molecule has 0 saturated carbocycles. The molecule has 0 aromatic heterocycles. The average molecular weight is 166 g/mol. The molecule has 0 bridgehead atoms. The van der Waals surface area contributed by atoms with E-state index in [9.17, 15) is 5.21 Å². The molecule has 0 aliphatic carbocycles. The molecule has 0 aliphatic heterocycles. The van der Waals surface area contributed by atoms with E-state index >= 15 is 0 Å². The second-order valence-electron chi connectivity index (χ2n) is 2.59. The van der Waals surface area contributed by atoms with Crippen LogP contribution in [-0.4, -0.2) is 10.1 Å². The van der Waals surface area contributed by atoms with Crippen molar-refractivity contribution in [3.8, 4) is 0 Å². The minimum atomic E-state index is 0.0815. The highest BCUT2D eigenvalue weighted by Gasteiger charge is 1.98. The first-order chi connectivity index (χ1) is 5.72. The number of benzene rings is 1. The van der Waals surface area contributed by atoms with Gasteiger partial charge in [-0.2, -0.15) is 0 Å². The van der Waals surface area contributed by atoms with Crippen LogP contribution in [0.15, 0.2) is 29.5 Å². The molecule has 1 rings (SSSR count). The Bertz CT molecular complexity index is 297. The Morgan fingerprint density at radius 3 is 2.92 bits per heavy atom. The lowest BCUT2D eigenvalue weighted by Crippen LogP contribution is -1.99. The number of hydroxylamine groups is 1. The maximum Gasteiger partial charge on any atom is 0.209 e. The largest absolute Gasteiger partial charge is 0.597 e. The van der Waals surface area contributed by atoms with E-state index in [-0.39, 0.29) is 11.4 Å². The van der Waals surface area contributed by atoms with Crippen LogP contribution in [0.3, 0.4) is 0 Å². The molecular formula is C8H10N2O2. The van der Waals surface area contributed by atoms with Gasteiger partial charge in [0.2, 0.25) is 6.54 Å². The predicted octanol–water partition coefficient (Wildman–Crippen LogP) is 1.85. The minimum Gasteiger partial charge on any atom is -0.597 e. The van der Waals surface area contributed by atoms with Gasteiger partial charge in [0, 0.05) is 5.56 Å². The Labute approximate surface area is 70.3 Å². The van der Waals surface area contributed by atoms with Gasteiger partial charge in [-0.25, -0.2) is 0 Å². The molecule has 0 amide bonds. The van der Waals surface area contributed by atoms with Gasteiger partial charge < -0.3 is 10.4 Å². The highest BCUT2D eigenvalue weighted by molar-refractivity contribution is 5.21. The topological polar surface area (TPSA) is 58.7 Å². The molecule has 0 fully saturated rings. The van der Waals surface area contributed by atoms with Gasteiger partial charge in [0.25, 0.3) is 0 Å². The Hall–Kier alpha value is -1.58. The summed E-state index contributed by atoms with van der Waals surface area (Å²) in [7, 11) is 0. The van der Waals surface area contributed by atoms with E-state index in [0.717, 1.165) is 11.1 Å². The van der Waals surface area contributed by atoms with E-state index < -0.39 is 0 Å². The van der Waals surface area contributed by atoms with Crippen LogP contribution in [0.1, 0.15) is 11.1 Å². The molecule has 0 spiro atoms. The Balaban J connectivity index is 2.76. The first-order valence-electron chi connectivity index (χ1n) is 3.57. The van der Waals surface area contributed by atoms with Gasteiger partial charge in [0.05, 0.1) is 0 Å². The summed E-state index contributed by atoms with van der Waals surface area (Å²) < 4.78 is 0. The van der Waals surface area contributed by atoms with Crippen molar-refractivity contribution >= 4 is 0 Å². The van der Waals surface area contributed by atoms with Crippen LogP contribution >= 0.6 is 0 Å². The summed E-state index contributed by atoms with van der Waals surface area (Å²) in [5.41, 5.74) is 1.92. The maximum atomic E-state index is 10.6. The standard InChI is InChI=1S/C8H10N2O2/c1-7-3-2-4-8(5-7)6-10(12)9-11/h2-5,11H,6H2,1H3/b10-9+. The molecule has 0 saturated heterocycles. The fourth-order valence-corrected chi connectivity index (χ4v) is 0.998. The summed E-state index contributed by atoms with van der Waals surface area (Å²) in [6.45, 7) is 2.02. The van der Waals surface area contributed by atoms with Gasteiger partial charge in [-0.3, -0.25) is 0 Å². The molecule has 1 N–H and O–H groups in total. The van der Waals surface area contributed by atoms with Crippen molar-refractivity contribution < 1.29 is 10.1 Å². The molecule has 0 unspecified atom stereocenters. The van der Waals surface area contributed by atoms with Gasteiger partial charge in [-0.05, 0) is 13.0 Å². The second-order valence-corrected chi connectivity index (χ2v) is 2.59. The van der Waals surface area contributed by atoms with E-state index in [1.807, 2.05) is 31.2 Å². The normalized spacial score (nSPS) is 11.6. The lowest BCUT2D eigenvalue weighted by Gasteiger charge is -1.99. The van der Waals surface area contributed by atoms with Crippen molar-refractivity contribution in [3.63, 3.8) is 0 Å². The lowest BCUT2D eigenvalue weighted by atomic mass is 10.1. The highest BCUT2D eigenvalue weighted by Crippen LogP contribution is 2.04. The van der Waals surface area contributed by atoms with Crippen LogP contribution in [0.5, 0.6) is 0 Å². The molecule has 1 aromatic carbocycles. The first-order valence-corrected chi connectivity index (χ1v) is 3.57. The second kappa shape index (κ2) is 3.71. The van der Waals surface area contributed by atoms with Crippen LogP contribution in [0.25, 0.3) is 0 Å². The number of nitrogens with zero attached hydrogens (tertiary/aromatic N) is 2. The van der Waals surface area contributed by atoms with E-state index in [2.05, 4.69) is 5.28 Å². The fourth-order valence-electron chi connectivity index (χ4n) is 0.998. The lowest BCUT2D eigenvalue weighted by molar-refractivity contribution is -0.570. The molecule has 4 heteroatoms. The Morgan fingerprint density at radius 2 is 2.33 bits per heavy atom. The minimum absolute atomic E-state index is 0.0815. The van der Waals surface area contributed by atoms with Crippen LogP contribution in [0, 0.1) is 12.1 Å². The highest BCUT2D eigenvalue weighted by atomic mass is 16.6. The van der Waals surface area contributed by atoms with Crippen LogP contribution < -0.4 is 0 Å². The number of aryl methyl sites for hydroxylation is 1. The molecule has 12 heavy (non-hydrogen) atoms. The SMILES string of the molecule is Cc1cccc(C/[N+]([O-])=N\O)c1. The van der Waals surface area contributed by atoms with E-state index in [1.54, 1.807) is 0 Å². The number of hydrogen-bond acceptors (Lipinski definition) is 2. The van der Waals surface area contributed by atoms with Gasteiger partial charge in [0.15, 0.2) is 5.28 Å². The summed E-state index contributed by atoms with van der Waals surface area (Å²) in [6, 6.07) is 7.48. The number of hydrogen-bond donors (Lipinski definition) is 1. The third kappa shape index (κ3) is 2.23. The number of rotatable bonds is 2. The molecule has 0 heterocycles. The summed E-state index contributed by atoms with van der Waals surface area (Å²) in [5, 5.41) is 21.2. The third-order valence-corrected chi connectivity index (χ3v) is 1.50.